The molecule has 0 heterocycles. The fraction of sp³-hybridized carbons (Fsp3) is 0.130. The quantitative estimate of drug-likeness (QED) is 0.452. The van der Waals surface area contributed by atoms with Crippen LogP contribution in [0.15, 0.2) is 77.9 Å². The van der Waals surface area contributed by atoms with E-state index >= 15 is 0 Å². The van der Waals surface area contributed by atoms with E-state index in [0.29, 0.717) is 28.7 Å². The Morgan fingerprint density at radius 2 is 1.54 bits per heavy atom. The highest BCUT2D eigenvalue weighted by Crippen LogP contribution is 2.15. The minimum atomic E-state index is -0.279. The third-order valence-corrected chi connectivity index (χ3v) is 4.48. The molecular formula is C23H21ClN2O2. The Labute approximate surface area is 169 Å². The molecule has 1 amide bonds. The maximum atomic E-state index is 12.3. The van der Waals surface area contributed by atoms with Crippen molar-refractivity contribution < 1.29 is 9.53 Å². The summed E-state index contributed by atoms with van der Waals surface area (Å²) in [5.74, 6) is 0.427. The number of amides is 1. The first kappa shape index (κ1) is 19.6. The lowest BCUT2D eigenvalue weighted by molar-refractivity contribution is 0.0955. The van der Waals surface area contributed by atoms with Crippen LogP contribution in [0.1, 0.15) is 34.0 Å². The van der Waals surface area contributed by atoms with Gasteiger partial charge in [-0.3, -0.25) is 4.79 Å². The molecule has 3 rings (SSSR count). The molecule has 4 nitrogen and oxygen atoms in total. The van der Waals surface area contributed by atoms with Crippen molar-refractivity contribution in [2.75, 3.05) is 0 Å². The number of rotatable bonds is 6. The summed E-state index contributed by atoms with van der Waals surface area (Å²) in [5.41, 5.74) is 6.98. The number of hydrogen-bond donors (Lipinski definition) is 1. The second kappa shape index (κ2) is 9.20. The van der Waals surface area contributed by atoms with E-state index in [1.54, 1.807) is 36.4 Å². The Hall–Kier alpha value is -3.11. The highest BCUT2D eigenvalue weighted by Gasteiger charge is 2.06. The maximum Gasteiger partial charge on any atom is 0.271 e. The van der Waals surface area contributed by atoms with Crippen molar-refractivity contribution in [1.82, 2.24) is 5.43 Å². The topological polar surface area (TPSA) is 50.7 Å². The number of carbonyl (C=O) groups excluding carboxylic acids is 1. The van der Waals surface area contributed by atoms with E-state index in [9.17, 15) is 4.79 Å². The molecule has 0 bridgehead atoms. The van der Waals surface area contributed by atoms with E-state index in [0.717, 1.165) is 11.1 Å². The highest BCUT2D eigenvalue weighted by atomic mass is 35.5. The van der Waals surface area contributed by atoms with Gasteiger partial charge >= 0.3 is 0 Å². The molecule has 0 unspecified atom stereocenters. The summed E-state index contributed by atoms with van der Waals surface area (Å²) < 4.78 is 5.76. The molecule has 0 aromatic heterocycles. The van der Waals surface area contributed by atoms with E-state index in [2.05, 4.69) is 29.6 Å². The van der Waals surface area contributed by atoms with Gasteiger partial charge in [0.2, 0.25) is 0 Å². The maximum absolute atomic E-state index is 12.3. The Bertz CT molecular complexity index is 963. The van der Waals surface area contributed by atoms with Crippen molar-refractivity contribution in [2.24, 2.45) is 5.10 Å². The van der Waals surface area contributed by atoms with Crippen LogP contribution in [0.3, 0.4) is 0 Å². The van der Waals surface area contributed by atoms with E-state index in [4.69, 9.17) is 16.3 Å². The first-order valence-electron chi connectivity index (χ1n) is 8.90. The second-order valence-corrected chi connectivity index (χ2v) is 6.88. The van der Waals surface area contributed by atoms with Gasteiger partial charge in [0.25, 0.3) is 5.91 Å². The molecule has 0 spiro atoms. The van der Waals surface area contributed by atoms with Crippen LogP contribution < -0.4 is 10.2 Å². The summed E-state index contributed by atoms with van der Waals surface area (Å²) in [5, 5.41) is 4.81. The largest absolute Gasteiger partial charge is 0.489 e. The first-order chi connectivity index (χ1) is 13.5. The van der Waals surface area contributed by atoms with Crippen LogP contribution in [-0.2, 0) is 6.61 Å². The van der Waals surface area contributed by atoms with Gasteiger partial charge in [-0.05, 0) is 61.4 Å². The molecule has 28 heavy (non-hydrogen) atoms. The summed E-state index contributed by atoms with van der Waals surface area (Å²) in [7, 11) is 0. The molecule has 0 aliphatic carbocycles. The predicted molar refractivity (Wildman–Crippen MR) is 113 cm³/mol. The molecule has 0 saturated heterocycles. The van der Waals surface area contributed by atoms with Gasteiger partial charge < -0.3 is 4.74 Å². The lowest BCUT2D eigenvalue weighted by Crippen LogP contribution is -2.19. The molecule has 0 atom stereocenters. The van der Waals surface area contributed by atoms with Crippen LogP contribution in [0, 0.1) is 6.92 Å². The standard InChI is InChI=1S/C23H21ClN2O2/c1-16-3-5-18(6-4-16)15-28-22-13-9-20(10-14-22)23(27)26-25-17(2)19-7-11-21(24)12-8-19/h3-14H,15H2,1-2H3,(H,26,27). The smallest absolute Gasteiger partial charge is 0.271 e. The van der Waals surface area contributed by atoms with Gasteiger partial charge in [-0.15, -0.1) is 0 Å². The number of ether oxygens (including phenoxy) is 1. The van der Waals surface area contributed by atoms with E-state index < -0.39 is 0 Å². The van der Waals surface area contributed by atoms with Gasteiger partial charge in [-0.25, -0.2) is 5.43 Å². The van der Waals surface area contributed by atoms with E-state index in [1.165, 1.54) is 5.56 Å². The number of nitrogens with zero attached hydrogens (tertiary/aromatic N) is 1. The number of hydrogen-bond acceptors (Lipinski definition) is 3. The number of halogens is 1. The summed E-state index contributed by atoms with van der Waals surface area (Å²) >= 11 is 5.88. The van der Waals surface area contributed by atoms with Gasteiger partial charge in [-0.2, -0.15) is 5.10 Å². The fourth-order valence-corrected chi connectivity index (χ4v) is 2.63. The predicted octanol–water partition coefficient (Wildman–Crippen LogP) is 5.38. The zero-order valence-electron chi connectivity index (χ0n) is 15.8. The molecular weight excluding hydrogens is 372 g/mol. The third kappa shape index (κ3) is 5.44. The van der Waals surface area contributed by atoms with Crippen molar-refractivity contribution in [2.45, 2.75) is 20.5 Å². The van der Waals surface area contributed by atoms with Crippen LogP contribution in [0.5, 0.6) is 5.75 Å². The number of aryl methyl sites for hydroxylation is 1. The molecule has 3 aromatic rings. The minimum Gasteiger partial charge on any atom is -0.489 e. The summed E-state index contributed by atoms with van der Waals surface area (Å²) in [6, 6.07) is 22.5. The molecule has 0 aliphatic rings. The van der Waals surface area contributed by atoms with Gasteiger partial charge in [-0.1, -0.05) is 53.6 Å². The first-order valence-corrected chi connectivity index (χ1v) is 9.28. The van der Waals surface area contributed by atoms with Crippen LogP contribution in [0.4, 0.5) is 0 Å². The zero-order valence-corrected chi connectivity index (χ0v) is 16.5. The zero-order chi connectivity index (χ0) is 19.9. The molecule has 1 N–H and O–H groups in total. The summed E-state index contributed by atoms with van der Waals surface area (Å²) in [6.45, 7) is 4.36. The normalized spacial score (nSPS) is 11.2. The summed E-state index contributed by atoms with van der Waals surface area (Å²) in [4.78, 5) is 12.3. The van der Waals surface area contributed by atoms with Gasteiger partial charge in [0.15, 0.2) is 0 Å². The molecule has 0 fully saturated rings. The van der Waals surface area contributed by atoms with Crippen molar-refractivity contribution in [1.29, 1.82) is 0 Å². The molecule has 3 aromatic carbocycles. The molecule has 142 valence electrons. The highest BCUT2D eigenvalue weighted by molar-refractivity contribution is 6.30. The van der Waals surface area contributed by atoms with Crippen molar-refractivity contribution >= 4 is 23.2 Å². The summed E-state index contributed by atoms with van der Waals surface area (Å²) in [6.07, 6.45) is 0. The molecule has 0 saturated carbocycles. The third-order valence-electron chi connectivity index (χ3n) is 4.23. The number of nitrogens with one attached hydrogen (secondary N) is 1. The second-order valence-electron chi connectivity index (χ2n) is 6.44. The van der Waals surface area contributed by atoms with E-state index in [1.807, 2.05) is 31.2 Å². The number of hydrazone groups is 1. The number of carbonyl (C=O) groups is 1. The Kier molecular flexibility index (Phi) is 6.45. The Balaban J connectivity index is 1.56. The SMILES string of the molecule is CC(=NNC(=O)c1ccc(OCc2ccc(C)cc2)cc1)c1ccc(Cl)cc1. The van der Waals surface area contributed by atoms with Crippen molar-refractivity contribution in [3.05, 3.63) is 100 Å². The average Bonchev–Trinajstić information content (AvgIpc) is 2.72. The van der Waals surface area contributed by atoms with Gasteiger partial charge in [0, 0.05) is 10.6 Å². The number of benzene rings is 3. The Morgan fingerprint density at radius 3 is 2.18 bits per heavy atom. The minimum absolute atomic E-state index is 0.279. The fourth-order valence-electron chi connectivity index (χ4n) is 2.51. The molecule has 5 heteroatoms. The Morgan fingerprint density at radius 1 is 0.929 bits per heavy atom. The monoisotopic (exact) mass is 392 g/mol. The molecule has 0 aliphatic heterocycles. The molecule has 0 radical (unpaired) electrons. The van der Waals surface area contributed by atoms with Gasteiger partial charge in [0.1, 0.15) is 12.4 Å². The van der Waals surface area contributed by atoms with Crippen LogP contribution in [0.25, 0.3) is 0 Å². The lowest BCUT2D eigenvalue weighted by Gasteiger charge is -2.08. The van der Waals surface area contributed by atoms with Crippen molar-refractivity contribution in [3.8, 4) is 5.75 Å². The van der Waals surface area contributed by atoms with Crippen LogP contribution in [0.2, 0.25) is 5.02 Å². The van der Waals surface area contributed by atoms with Crippen LogP contribution in [-0.4, -0.2) is 11.6 Å². The lowest BCUT2D eigenvalue weighted by atomic mass is 10.1. The van der Waals surface area contributed by atoms with Gasteiger partial charge in [0.05, 0.1) is 5.71 Å². The van der Waals surface area contributed by atoms with Crippen LogP contribution >= 0.6 is 11.6 Å². The van der Waals surface area contributed by atoms with E-state index in [-0.39, 0.29) is 5.91 Å². The van der Waals surface area contributed by atoms with Crippen molar-refractivity contribution in [3.63, 3.8) is 0 Å². The average molecular weight is 393 g/mol.